The largest absolute Gasteiger partial charge is 0.490 e. The van der Waals surface area contributed by atoms with Crippen LogP contribution in [-0.4, -0.2) is 31.9 Å². The Hall–Kier alpha value is -2.50. The number of rotatable bonds is 9. The number of ether oxygens (including phenoxy) is 3. The Morgan fingerprint density at radius 1 is 1.12 bits per heavy atom. The molecule has 1 aliphatic carbocycles. The summed E-state index contributed by atoms with van der Waals surface area (Å²) >= 11 is 0. The first-order valence-corrected chi connectivity index (χ1v) is 9.24. The molecule has 1 aromatic rings. The molecule has 1 amide bonds. The Bertz CT molecular complexity index is 628. The number of hydrazone groups is 1. The Kier molecular flexibility index (Phi) is 7.99. The van der Waals surface area contributed by atoms with Gasteiger partial charge in [0.15, 0.2) is 11.5 Å². The molecule has 0 spiro atoms. The summed E-state index contributed by atoms with van der Waals surface area (Å²) in [4.78, 5) is 12.5. The van der Waals surface area contributed by atoms with Crippen molar-refractivity contribution in [1.29, 1.82) is 0 Å². The van der Waals surface area contributed by atoms with Crippen LogP contribution in [0.2, 0.25) is 0 Å². The minimum absolute atomic E-state index is 0.308. The normalized spacial score (nSPS) is 16.5. The summed E-state index contributed by atoms with van der Waals surface area (Å²) in [7, 11) is 0. The lowest BCUT2D eigenvalue weighted by atomic mass is 9.96. The number of benzene rings is 1. The molecule has 0 unspecified atom stereocenters. The zero-order valence-corrected chi connectivity index (χ0v) is 15.8. The van der Waals surface area contributed by atoms with E-state index < -0.39 is 0 Å². The summed E-state index contributed by atoms with van der Waals surface area (Å²) in [6, 6.07) is 3.32. The lowest BCUT2D eigenvalue weighted by Crippen LogP contribution is -2.19. The summed E-state index contributed by atoms with van der Waals surface area (Å²) < 4.78 is 16.9. The summed E-state index contributed by atoms with van der Waals surface area (Å²) in [5.74, 6) is 1.57. The maximum absolute atomic E-state index is 12.5. The molecule has 0 bridgehead atoms. The highest BCUT2D eigenvalue weighted by Crippen LogP contribution is 2.39. The Balaban J connectivity index is 2.16. The van der Waals surface area contributed by atoms with Crippen LogP contribution in [0.5, 0.6) is 17.2 Å². The Morgan fingerprint density at radius 2 is 1.77 bits per heavy atom. The molecule has 0 radical (unpaired) electrons. The summed E-state index contributed by atoms with van der Waals surface area (Å²) in [5.41, 5.74) is 3.01. The summed E-state index contributed by atoms with van der Waals surface area (Å²) in [5, 5.41) is 4.11. The lowest BCUT2D eigenvalue weighted by molar-refractivity contribution is 0.0953. The molecule has 1 aromatic carbocycles. The van der Waals surface area contributed by atoms with Gasteiger partial charge in [-0.15, -0.1) is 0 Å². The molecule has 0 saturated heterocycles. The predicted octanol–water partition coefficient (Wildman–Crippen LogP) is 3.95. The van der Waals surface area contributed by atoms with Crippen molar-refractivity contribution in [3.8, 4) is 17.2 Å². The molecule has 26 heavy (non-hydrogen) atoms. The van der Waals surface area contributed by atoms with E-state index in [0.717, 1.165) is 19.3 Å². The van der Waals surface area contributed by atoms with Crippen LogP contribution in [0.4, 0.5) is 0 Å². The molecule has 142 valence electrons. The van der Waals surface area contributed by atoms with Crippen LogP contribution in [0.25, 0.3) is 0 Å². The third kappa shape index (κ3) is 5.51. The quantitative estimate of drug-likeness (QED) is 0.411. The van der Waals surface area contributed by atoms with Gasteiger partial charge in [-0.1, -0.05) is 12.2 Å². The zero-order chi connectivity index (χ0) is 18.8. The van der Waals surface area contributed by atoms with Gasteiger partial charge < -0.3 is 14.2 Å². The smallest absolute Gasteiger partial charge is 0.271 e. The average Bonchev–Trinajstić information content (AvgIpc) is 2.65. The fraction of sp³-hybridized carbons (Fsp3) is 0.500. The maximum atomic E-state index is 12.5. The van der Waals surface area contributed by atoms with Gasteiger partial charge in [0, 0.05) is 11.8 Å². The van der Waals surface area contributed by atoms with Crippen LogP contribution < -0.4 is 19.6 Å². The molecule has 6 heteroatoms. The minimum Gasteiger partial charge on any atom is -0.490 e. The van der Waals surface area contributed by atoms with E-state index >= 15 is 0 Å². The molecule has 1 aliphatic rings. The standard InChI is InChI=1S/C20H28N2O4/c1-4-24-17-12-16(13-18(25-5-2)19(17)26-6-3)20(23)22-21-14-15-10-8-7-9-11-15/h7-8,12-15H,4-6,9-11H2,1-3H3,(H,22,23)/b21-14-/t15-/m0/s1. The fourth-order valence-corrected chi connectivity index (χ4v) is 2.74. The Labute approximate surface area is 155 Å². The third-order valence-electron chi connectivity index (χ3n) is 3.93. The van der Waals surface area contributed by atoms with E-state index in [0.29, 0.717) is 48.6 Å². The number of hydrogen-bond donors (Lipinski definition) is 1. The van der Waals surface area contributed by atoms with E-state index in [-0.39, 0.29) is 5.91 Å². The number of hydrogen-bond acceptors (Lipinski definition) is 5. The number of nitrogens with one attached hydrogen (secondary N) is 1. The first-order chi connectivity index (χ1) is 12.7. The van der Waals surface area contributed by atoms with Gasteiger partial charge >= 0.3 is 0 Å². The van der Waals surface area contributed by atoms with Crippen molar-refractivity contribution in [2.24, 2.45) is 11.0 Å². The van der Waals surface area contributed by atoms with Crippen molar-refractivity contribution in [2.75, 3.05) is 19.8 Å². The van der Waals surface area contributed by atoms with E-state index in [2.05, 4.69) is 22.7 Å². The Morgan fingerprint density at radius 3 is 2.31 bits per heavy atom. The van der Waals surface area contributed by atoms with E-state index in [4.69, 9.17) is 14.2 Å². The first kappa shape index (κ1) is 19.8. The molecular formula is C20H28N2O4. The molecule has 0 heterocycles. The molecule has 6 nitrogen and oxygen atoms in total. The van der Waals surface area contributed by atoms with Crippen LogP contribution in [-0.2, 0) is 0 Å². The van der Waals surface area contributed by atoms with Crippen molar-refractivity contribution >= 4 is 12.1 Å². The third-order valence-corrected chi connectivity index (χ3v) is 3.93. The van der Waals surface area contributed by atoms with Crippen molar-refractivity contribution in [2.45, 2.75) is 40.0 Å². The van der Waals surface area contributed by atoms with Crippen LogP contribution >= 0.6 is 0 Å². The number of amides is 1. The van der Waals surface area contributed by atoms with E-state index in [1.807, 2.05) is 27.0 Å². The highest BCUT2D eigenvalue weighted by Gasteiger charge is 2.18. The molecule has 2 rings (SSSR count). The monoisotopic (exact) mass is 360 g/mol. The lowest BCUT2D eigenvalue weighted by Gasteiger charge is -2.16. The second kappa shape index (κ2) is 10.5. The fourth-order valence-electron chi connectivity index (χ4n) is 2.74. The van der Waals surface area contributed by atoms with Crippen LogP contribution in [0.3, 0.4) is 0 Å². The van der Waals surface area contributed by atoms with Crippen molar-refractivity contribution in [1.82, 2.24) is 5.43 Å². The average molecular weight is 360 g/mol. The highest BCUT2D eigenvalue weighted by molar-refractivity contribution is 5.95. The van der Waals surface area contributed by atoms with Crippen LogP contribution in [0.1, 0.15) is 50.4 Å². The topological polar surface area (TPSA) is 69.2 Å². The molecule has 0 saturated carbocycles. The van der Waals surface area contributed by atoms with Gasteiger partial charge in [-0.25, -0.2) is 5.43 Å². The van der Waals surface area contributed by atoms with Gasteiger partial charge in [0.1, 0.15) is 0 Å². The first-order valence-electron chi connectivity index (χ1n) is 9.24. The number of carbonyl (C=O) groups excluding carboxylic acids is 1. The van der Waals surface area contributed by atoms with Gasteiger partial charge in [-0.3, -0.25) is 4.79 Å². The molecular weight excluding hydrogens is 332 g/mol. The van der Waals surface area contributed by atoms with Gasteiger partial charge in [-0.2, -0.15) is 5.10 Å². The SMILES string of the molecule is CCOc1cc(C(=O)N/N=C\[C@H]2CC=CCC2)cc(OCC)c1OCC. The van der Waals surface area contributed by atoms with Gasteiger partial charge in [0.05, 0.1) is 19.8 Å². The van der Waals surface area contributed by atoms with Gasteiger partial charge in [-0.05, 0) is 58.1 Å². The van der Waals surface area contributed by atoms with Gasteiger partial charge in [0.2, 0.25) is 5.75 Å². The van der Waals surface area contributed by atoms with Gasteiger partial charge in [0.25, 0.3) is 5.91 Å². The summed E-state index contributed by atoms with van der Waals surface area (Å²) in [6.07, 6.45) is 9.21. The molecule has 0 aliphatic heterocycles. The predicted molar refractivity (Wildman–Crippen MR) is 102 cm³/mol. The van der Waals surface area contributed by atoms with E-state index in [1.165, 1.54) is 0 Å². The number of nitrogens with zero attached hydrogens (tertiary/aromatic N) is 1. The van der Waals surface area contributed by atoms with Crippen LogP contribution in [0, 0.1) is 5.92 Å². The second-order valence-corrected chi connectivity index (χ2v) is 5.86. The molecule has 0 aromatic heterocycles. The number of allylic oxidation sites excluding steroid dienone is 2. The molecule has 1 N–H and O–H groups in total. The highest BCUT2D eigenvalue weighted by atomic mass is 16.5. The van der Waals surface area contributed by atoms with Crippen molar-refractivity contribution < 1.29 is 19.0 Å². The van der Waals surface area contributed by atoms with E-state index in [9.17, 15) is 4.79 Å². The minimum atomic E-state index is -0.308. The van der Waals surface area contributed by atoms with Crippen molar-refractivity contribution in [3.05, 3.63) is 29.8 Å². The van der Waals surface area contributed by atoms with E-state index in [1.54, 1.807) is 12.1 Å². The van der Waals surface area contributed by atoms with Crippen LogP contribution in [0.15, 0.2) is 29.4 Å². The molecule has 1 atom stereocenters. The number of carbonyl (C=O) groups is 1. The molecule has 0 fully saturated rings. The van der Waals surface area contributed by atoms with Crippen molar-refractivity contribution in [3.63, 3.8) is 0 Å². The summed E-state index contributed by atoms with van der Waals surface area (Å²) in [6.45, 7) is 7.05. The maximum Gasteiger partial charge on any atom is 0.271 e. The zero-order valence-electron chi connectivity index (χ0n) is 15.8. The second-order valence-electron chi connectivity index (χ2n) is 5.86.